The number of aromatic nitrogens is 2. The van der Waals surface area contributed by atoms with Crippen molar-refractivity contribution in [2.45, 2.75) is 18.9 Å². The molecule has 126 valence electrons. The maximum absolute atomic E-state index is 12.1. The molecule has 7 heteroatoms. The van der Waals surface area contributed by atoms with Gasteiger partial charge < -0.3 is 20.1 Å². The minimum atomic E-state index is -0.241. The summed E-state index contributed by atoms with van der Waals surface area (Å²) in [5, 5.41) is 6.02. The lowest BCUT2D eigenvalue weighted by molar-refractivity contribution is 0.0942. The van der Waals surface area contributed by atoms with Crippen molar-refractivity contribution in [1.29, 1.82) is 0 Å². The van der Waals surface area contributed by atoms with Crippen molar-refractivity contribution in [1.82, 2.24) is 15.3 Å². The van der Waals surface area contributed by atoms with Crippen molar-refractivity contribution >= 4 is 11.7 Å². The lowest BCUT2D eigenvalue weighted by atomic mass is 10.3. The summed E-state index contributed by atoms with van der Waals surface area (Å²) in [7, 11) is 1.62. The van der Waals surface area contributed by atoms with Crippen molar-refractivity contribution < 1.29 is 14.3 Å². The highest BCUT2D eigenvalue weighted by Crippen LogP contribution is 2.23. The molecule has 3 rings (SSSR count). The first-order chi connectivity index (χ1) is 11.7. The number of amides is 1. The van der Waals surface area contributed by atoms with Crippen LogP contribution >= 0.6 is 0 Å². The number of nitrogens with zero attached hydrogens (tertiary/aromatic N) is 2. The van der Waals surface area contributed by atoms with E-state index in [9.17, 15) is 4.79 Å². The van der Waals surface area contributed by atoms with Gasteiger partial charge in [-0.15, -0.1) is 0 Å². The summed E-state index contributed by atoms with van der Waals surface area (Å²) < 4.78 is 10.6. The second kappa shape index (κ2) is 7.63. The molecule has 2 N–H and O–H groups in total. The van der Waals surface area contributed by atoms with Crippen LogP contribution in [0.15, 0.2) is 36.7 Å². The van der Waals surface area contributed by atoms with E-state index in [1.807, 2.05) is 24.3 Å². The van der Waals surface area contributed by atoms with Crippen LogP contribution in [0, 0.1) is 0 Å². The molecule has 0 atom stereocenters. The second-order valence-electron chi connectivity index (χ2n) is 5.49. The summed E-state index contributed by atoms with van der Waals surface area (Å²) in [5.74, 6) is 1.94. The highest BCUT2D eigenvalue weighted by Gasteiger charge is 2.21. The van der Waals surface area contributed by atoms with E-state index in [0.29, 0.717) is 30.7 Å². The molecule has 0 radical (unpaired) electrons. The van der Waals surface area contributed by atoms with E-state index in [0.717, 1.165) is 24.3 Å². The molecule has 0 bridgehead atoms. The van der Waals surface area contributed by atoms with Gasteiger partial charge in [0.1, 0.15) is 35.9 Å². The van der Waals surface area contributed by atoms with Crippen molar-refractivity contribution in [2.75, 3.05) is 25.6 Å². The smallest absolute Gasteiger partial charge is 0.270 e. The molecule has 7 nitrogen and oxygen atoms in total. The van der Waals surface area contributed by atoms with E-state index in [1.54, 1.807) is 13.2 Å². The van der Waals surface area contributed by atoms with Gasteiger partial charge in [-0.2, -0.15) is 0 Å². The van der Waals surface area contributed by atoms with E-state index in [-0.39, 0.29) is 5.91 Å². The Morgan fingerprint density at radius 1 is 1.21 bits per heavy atom. The summed E-state index contributed by atoms with van der Waals surface area (Å²) >= 11 is 0. The Kier molecular flexibility index (Phi) is 5.10. The number of carbonyl (C=O) groups excluding carboxylic acids is 1. The van der Waals surface area contributed by atoms with Crippen LogP contribution in [-0.4, -0.2) is 42.2 Å². The minimum absolute atomic E-state index is 0.241. The number of benzene rings is 1. The molecule has 1 aliphatic rings. The summed E-state index contributed by atoms with van der Waals surface area (Å²) in [5.41, 5.74) is 0.345. The number of carbonyl (C=O) groups is 1. The fourth-order valence-electron chi connectivity index (χ4n) is 2.09. The quantitative estimate of drug-likeness (QED) is 0.720. The molecule has 1 aliphatic carbocycles. The van der Waals surface area contributed by atoms with Crippen LogP contribution in [0.2, 0.25) is 0 Å². The first-order valence-electron chi connectivity index (χ1n) is 7.88. The van der Waals surface area contributed by atoms with Gasteiger partial charge in [-0.25, -0.2) is 9.97 Å². The molecule has 0 aliphatic heterocycles. The van der Waals surface area contributed by atoms with Gasteiger partial charge in [0.05, 0.1) is 13.7 Å². The first-order valence-corrected chi connectivity index (χ1v) is 7.88. The van der Waals surface area contributed by atoms with Gasteiger partial charge in [0.25, 0.3) is 5.91 Å². The third kappa shape index (κ3) is 4.58. The summed E-state index contributed by atoms with van der Waals surface area (Å²) in [6, 6.07) is 9.43. The van der Waals surface area contributed by atoms with Gasteiger partial charge in [-0.3, -0.25) is 4.79 Å². The predicted octanol–water partition coefficient (Wildman–Crippen LogP) is 1.87. The molecule has 1 saturated carbocycles. The topological polar surface area (TPSA) is 85.4 Å². The summed E-state index contributed by atoms with van der Waals surface area (Å²) in [6.07, 6.45) is 3.69. The van der Waals surface area contributed by atoms with Gasteiger partial charge in [-0.1, -0.05) is 0 Å². The number of anilines is 1. The fraction of sp³-hybridized carbons (Fsp3) is 0.353. The average molecular weight is 328 g/mol. The van der Waals surface area contributed by atoms with Crippen LogP contribution < -0.4 is 20.1 Å². The van der Waals surface area contributed by atoms with Crippen LogP contribution in [0.1, 0.15) is 23.3 Å². The first kappa shape index (κ1) is 16.0. The lowest BCUT2D eigenvalue weighted by Gasteiger charge is -2.09. The zero-order chi connectivity index (χ0) is 16.8. The number of methoxy groups -OCH3 is 1. The summed E-state index contributed by atoms with van der Waals surface area (Å²) in [4.78, 5) is 20.2. The van der Waals surface area contributed by atoms with E-state index in [1.165, 1.54) is 6.33 Å². The van der Waals surface area contributed by atoms with Crippen LogP contribution in [0.5, 0.6) is 11.5 Å². The number of rotatable bonds is 8. The number of hydrogen-bond donors (Lipinski definition) is 2. The third-order valence-electron chi connectivity index (χ3n) is 3.54. The maximum atomic E-state index is 12.1. The predicted molar refractivity (Wildman–Crippen MR) is 89.5 cm³/mol. The number of ether oxygens (including phenoxy) is 2. The van der Waals surface area contributed by atoms with Crippen LogP contribution in [0.25, 0.3) is 0 Å². The fourth-order valence-corrected chi connectivity index (χ4v) is 2.09. The van der Waals surface area contributed by atoms with Crippen LogP contribution in [0.4, 0.5) is 5.82 Å². The van der Waals surface area contributed by atoms with Gasteiger partial charge in [-0.05, 0) is 37.1 Å². The third-order valence-corrected chi connectivity index (χ3v) is 3.54. The molecule has 1 aromatic carbocycles. The molecule has 1 aromatic heterocycles. The SMILES string of the molecule is COc1ccc(OCCNC(=O)c2cc(NC3CC3)ncn2)cc1. The zero-order valence-corrected chi connectivity index (χ0v) is 13.5. The van der Waals surface area contributed by atoms with E-state index in [2.05, 4.69) is 20.6 Å². The molecule has 24 heavy (non-hydrogen) atoms. The number of nitrogens with one attached hydrogen (secondary N) is 2. The minimum Gasteiger partial charge on any atom is -0.497 e. The Bertz CT molecular complexity index is 686. The molecule has 0 saturated heterocycles. The van der Waals surface area contributed by atoms with E-state index < -0.39 is 0 Å². The normalized spacial score (nSPS) is 13.2. The Labute approximate surface area is 140 Å². The average Bonchev–Trinajstić information content (AvgIpc) is 3.43. The van der Waals surface area contributed by atoms with Crippen molar-refractivity contribution in [3.63, 3.8) is 0 Å². The molecule has 1 heterocycles. The Balaban J connectivity index is 1.43. The lowest BCUT2D eigenvalue weighted by Crippen LogP contribution is -2.29. The van der Waals surface area contributed by atoms with Gasteiger partial charge in [0, 0.05) is 12.1 Å². The Morgan fingerprint density at radius 3 is 2.67 bits per heavy atom. The van der Waals surface area contributed by atoms with Gasteiger partial charge >= 0.3 is 0 Å². The maximum Gasteiger partial charge on any atom is 0.270 e. The molecular formula is C17H20N4O3. The molecule has 2 aromatic rings. The van der Waals surface area contributed by atoms with Crippen molar-refractivity contribution in [3.05, 3.63) is 42.4 Å². The highest BCUT2D eigenvalue weighted by atomic mass is 16.5. The van der Waals surface area contributed by atoms with Crippen molar-refractivity contribution in [3.8, 4) is 11.5 Å². The molecule has 1 amide bonds. The zero-order valence-electron chi connectivity index (χ0n) is 13.5. The standard InChI is InChI=1S/C17H20N4O3/c1-23-13-4-6-14(7-5-13)24-9-8-18-17(22)15-10-16(20-11-19-15)21-12-2-3-12/h4-7,10-12H,2-3,8-9H2,1H3,(H,18,22)(H,19,20,21). The monoisotopic (exact) mass is 328 g/mol. The molecule has 0 spiro atoms. The van der Waals surface area contributed by atoms with Crippen molar-refractivity contribution in [2.24, 2.45) is 0 Å². The summed E-state index contributed by atoms with van der Waals surface area (Å²) in [6.45, 7) is 0.761. The molecule has 0 unspecified atom stereocenters. The van der Waals surface area contributed by atoms with Crippen LogP contribution in [-0.2, 0) is 0 Å². The van der Waals surface area contributed by atoms with Crippen LogP contribution in [0.3, 0.4) is 0 Å². The van der Waals surface area contributed by atoms with E-state index >= 15 is 0 Å². The Hall–Kier alpha value is -2.83. The molecular weight excluding hydrogens is 308 g/mol. The number of hydrogen-bond acceptors (Lipinski definition) is 6. The highest BCUT2D eigenvalue weighted by molar-refractivity contribution is 5.92. The second-order valence-corrected chi connectivity index (χ2v) is 5.49. The van der Waals surface area contributed by atoms with Gasteiger partial charge in [0.15, 0.2) is 0 Å². The van der Waals surface area contributed by atoms with E-state index in [4.69, 9.17) is 9.47 Å². The Morgan fingerprint density at radius 2 is 1.96 bits per heavy atom. The molecule has 1 fully saturated rings. The van der Waals surface area contributed by atoms with Gasteiger partial charge in [0.2, 0.25) is 0 Å². The largest absolute Gasteiger partial charge is 0.497 e.